The van der Waals surface area contributed by atoms with Crippen molar-refractivity contribution in [2.45, 2.75) is 0 Å². The average Bonchev–Trinajstić information content (AvgIpc) is 2.28. The van der Waals surface area contributed by atoms with Crippen LogP contribution < -0.4 is 10.0 Å². The number of halogens is 1. The molecule has 0 saturated heterocycles. The highest BCUT2D eigenvalue weighted by atomic mass is 79.9. The second-order valence-corrected chi connectivity index (χ2v) is 6.01. The molecule has 2 N–H and O–H groups in total. The highest BCUT2D eigenvalue weighted by Gasteiger charge is 2.08. The van der Waals surface area contributed by atoms with Crippen LogP contribution in [-0.2, 0) is 10.0 Å². The molecule has 0 aromatic heterocycles. The lowest BCUT2D eigenvalue weighted by Crippen LogP contribution is -2.18. The van der Waals surface area contributed by atoms with Gasteiger partial charge in [0.2, 0.25) is 10.0 Å². The van der Waals surface area contributed by atoms with Gasteiger partial charge < -0.3 is 5.32 Å². The second kappa shape index (κ2) is 5.31. The predicted octanol–water partition coefficient (Wildman–Crippen LogP) is 1.14. The van der Waals surface area contributed by atoms with Gasteiger partial charge in [-0.1, -0.05) is 15.9 Å². The van der Waals surface area contributed by atoms with Gasteiger partial charge in [0.1, 0.15) is 4.66 Å². The van der Waals surface area contributed by atoms with Gasteiger partial charge in [-0.25, -0.2) is 8.42 Å². The normalized spacial score (nSPS) is 10.9. The minimum absolute atomic E-state index is 0.169. The zero-order chi connectivity index (χ0) is 12.2. The molecule has 7 heteroatoms. The van der Waals surface area contributed by atoms with Gasteiger partial charge in [0.25, 0.3) is 5.91 Å². The first-order valence-corrected chi connectivity index (χ1v) is 7.14. The van der Waals surface area contributed by atoms with Gasteiger partial charge in [-0.2, -0.15) is 0 Å². The number of rotatable bonds is 4. The monoisotopic (exact) mass is 306 g/mol. The number of carbonyl (C=O) groups excluding carboxylic acids is 1. The summed E-state index contributed by atoms with van der Waals surface area (Å²) in [6, 6.07) is 6.16. The van der Waals surface area contributed by atoms with Crippen molar-refractivity contribution >= 4 is 37.5 Å². The first kappa shape index (κ1) is 13.0. The lowest BCUT2D eigenvalue weighted by Gasteiger charge is -2.05. The number of alkyl halides is 1. The lowest BCUT2D eigenvalue weighted by atomic mass is 10.2. The Morgan fingerprint density at radius 2 is 1.88 bits per heavy atom. The number of nitrogens with one attached hydrogen (secondary N) is 2. The van der Waals surface area contributed by atoms with E-state index < -0.39 is 10.0 Å². The van der Waals surface area contributed by atoms with Gasteiger partial charge in [-0.05, 0) is 24.3 Å². The minimum Gasteiger partial charge on any atom is -0.355 e. The molecule has 0 aliphatic rings. The van der Waals surface area contributed by atoms with Crippen LogP contribution in [0.1, 0.15) is 10.4 Å². The molecular weight excluding hydrogens is 296 g/mol. The van der Waals surface area contributed by atoms with E-state index in [1.165, 1.54) is 19.2 Å². The molecule has 0 aliphatic heterocycles. The summed E-state index contributed by atoms with van der Waals surface area (Å²) in [5.74, 6) is -0.213. The Labute approximate surface area is 102 Å². The second-order valence-electron chi connectivity index (χ2n) is 2.98. The molecule has 0 aliphatic carbocycles. The number of hydrogen-bond acceptors (Lipinski definition) is 3. The maximum atomic E-state index is 11.2. The molecule has 0 heterocycles. The molecule has 16 heavy (non-hydrogen) atoms. The summed E-state index contributed by atoms with van der Waals surface area (Å²) in [5, 5.41) is 2.48. The molecule has 0 unspecified atom stereocenters. The Morgan fingerprint density at radius 1 is 1.31 bits per heavy atom. The van der Waals surface area contributed by atoms with E-state index in [0.29, 0.717) is 11.3 Å². The fourth-order valence-corrected chi connectivity index (χ4v) is 1.93. The fraction of sp³-hybridized carbons (Fsp3) is 0.222. The molecule has 0 fully saturated rings. The van der Waals surface area contributed by atoms with Gasteiger partial charge in [0.15, 0.2) is 0 Å². The maximum Gasteiger partial charge on any atom is 0.251 e. The molecule has 1 rings (SSSR count). The van der Waals surface area contributed by atoms with Crippen molar-refractivity contribution in [3.05, 3.63) is 29.8 Å². The van der Waals surface area contributed by atoms with Crippen LogP contribution in [0.2, 0.25) is 0 Å². The van der Waals surface area contributed by atoms with E-state index in [9.17, 15) is 13.2 Å². The summed E-state index contributed by atoms with van der Waals surface area (Å²) < 4.78 is 24.6. The van der Waals surface area contributed by atoms with E-state index in [0.717, 1.165) is 0 Å². The van der Waals surface area contributed by atoms with Crippen LogP contribution >= 0.6 is 15.9 Å². The number of anilines is 1. The molecule has 5 nitrogen and oxygen atoms in total. The van der Waals surface area contributed by atoms with Crippen LogP contribution in [0.3, 0.4) is 0 Å². The van der Waals surface area contributed by atoms with Gasteiger partial charge >= 0.3 is 0 Å². The van der Waals surface area contributed by atoms with Crippen LogP contribution in [0.15, 0.2) is 24.3 Å². The molecule has 0 bridgehead atoms. The summed E-state index contributed by atoms with van der Waals surface area (Å²) in [7, 11) is -1.81. The van der Waals surface area contributed by atoms with Crippen molar-refractivity contribution in [3.8, 4) is 0 Å². The third kappa shape index (κ3) is 3.49. The number of hydrogen-bond donors (Lipinski definition) is 2. The summed E-state index contributed by atoms with van der Waals surface area (Å²) in [4.78, 5) is 11.2. The SMILES string of the molecule is CNC(=O)c1ccc(NS(=O)(=O)CBr)cc1. The summed E-state index contributed by atoms with van der Waals surface area (Å²) in [6.45, 7) is 0. The number of benzene rings is 1. The van der Waals surface area contributed by atoms with Crippen molar-refractivity contribution in [3.63, 3.8) is 0 Å². The molecule has 0 saturated carbocycles. The maximum absolute atomic E-state index is 11.2. The van der Waals surface area contributed by atoms with Gasteiger partial charge in [0, 0.05) is 18.3 Å². The largest absolute Gasteiger partial charge is 0.355 e. The number of carbonyl (C=O) groups is 1. The van der Waals surface area contributed by atoms with Crippen LogP contribution in [0.4, 0.5) is 5.69 Å². The van der Waals surface area contributed by atoms with Crippen molar-refractivity contribution in [1.82, 2.24) is 5.32 Å². The standard InChI is InChI=1S/C9H11BrN2O3S/c1-11-9(13)7-2-4-8(5-3-7)12-16(14,15)6-10/h2-5,12H,6H2,1H3,(H,11,13). The summed E-state index contributed by atoms with van der Waals surface area (Å²) in [6.07, 6.45) is 0. The van der Waals surface area contributed by atoms with Crippen LogP contribution in [0.5, 0.6) is 0 Å². The number of amides is 1. The van der Waals surface area contributed by atoms with Gasteiger partial charge in [0.05, 0.1) is 0 Å². The molecule has 0 spiro atoms. The average molecular weight is 307 g/mol. The molecular formula is C9H11BrN2O3S. The third-order valence-corrected chi connectivity index (χ3v) is 4.43. The first-order chi connectivity index (χ1) is 7.48. The quantitative estimate of drug-likeness (QED) is 0.819. The topological polar surface area (TPSA) is 75.3 Å². The Balaban J connectivity index is 2.84. The molecule has 88 valence electrons. The summed E-state index contributed by atoms with van der Waals surface area (Å²) in [5.41, 5.74) is 0.899. The van der Waals surface area contributed by atoms with E-state index in [1.54, 1.807) is 12.1 Å². The Hall–Kier alpha value is -1.08. The van der Waals surface area contributed by atoms with E-state index in [1.807, 2.05) is 0 Å². The van der Waals surface area contributed by atoms with Crippen molar-refractivity contribution in [1.29, 1.82) is 0 Å². The van der Waals surface area contributed by atoms with E-state index in [2.05, 4.69) is 26.0 Å². The highest BCUT2D eigenvalue weighted by molar-refractivity contribution is 9.10. The lowest BCUT2D eigenvalue weighted by molar-refractivity contribution is 0.0963. The van der Waals surface area contributed by atoms with E-state index in [-0.39, 0.29) is 10.6 Å². The molecule has 0 atom stereocenters. The highest BCUT2D eigenvalue weighted by Crippen LogP contribution is 2.12. The zero-order valence-corrected chi connectivity index (χ0v) is 10.9. The van der Waals surface area contributed by atoms with Crippen molar-refractivity contribution < 1.29 is 13.2 Å². The number of sulfonamides is 1. The van der Waals surface area contributed by atoms with Crippen LogP contribution in [-0.4, -0.2) is 26.0 Å². The van der Waals surface area contributed by atoms with Crippen LogP contribution in [0.25, 0.3) is 0 Å². The summed E-state index contributed by atoms with van der Waals surface area (Å²) >= 11 is 2.86. The molecule has 1 aromatic rings. The van der Waals surface area contributed by atoms with Gasteiger partial charge in [-0.3, -0.25) is 9.52 Å². The van der Waals surface area contributed by atoms with E-state index >= 15 is 0 Å². The molecule has 1 aromatic carbocycles. The fourth-order valence-electron chi connectivity index (χ4n) is 1.04. The zero-order valence-electron chi connectivity index (χ0n) is 8.53. The Kier molecular flexibility index (Phi) is 4.31. The minimum atomic E-state index is -3.35. The predicted molar refractivity (Wildman–Crippen MR) is 66.2 cm³/mol. The smallest absolute Gasteiger partial charge is 0.251 e. The van der Waals surface area contributed by atoms with Gasteiger partial charge in [-0.15, -0.1) is 0 Å². The third-order valence-electron chi connectivity index (χ3n) is 1.79. The van der Waals surface area contributed by atoms with E-state index in [4.69, 9.17) is 0 Å². The molecule has 1 amide bonds. The van der Waals surface area contributed by atoms with Crippen molar-refractivity contribution in [2.24, 2.45) is 0 Å². The Morgan fingerprint density at radius 3 is 2.31 bits per heavy atom. The first-order valence-electron chi connectivity index (χ1n) is 4.37. The molecule has 0 radical (unpaired) electrons. The Bertz CT molecular complexity index is 470. The van der Waals surface area contributed by atoms with Crippen molar-refractivity contribution in [2.75, 3.05) is 16.4 Å². The van der Waals surface area contributed by atoms with Crippen LogP contribution in [0, 0.1) is 0 Å².